The molecule has 0 unspecified atom stereocenters. The summed E-state index contributed by atoms with van der Waals surface area (Å²) < 4.78 is 33.2. The van der Waals surface area contributed by atoms with Crippen LogP contribution in [-0.2, 0) is 14.8 Å². The van der Waals surface area contributed by atoms with Gasteiger partial charge in [-0.05, 0) is 42.8 Å². The molecule has 0 aliphatic rings. The minimum absolute atomic E-state index is 0.0448. The first kappa shape index (κ1) is 19.5. The van der Waals surface area contributed by atoms with Gasteiger partial charge >= 0.3 is 5.97 Å². The summed E-state index contributed by atoms with van der Waals surface area (Å²) in [6.07, 6.45) is 0. The van der Waals surface area contributed by atoms with Gasteiger partial charge in [0, 0.05) is 5.02 Å². The van der Waals surface area contributed by atoms with Crippen molar-refractivity contribution in [1.29, 1.82) is 0 Å². The van der Waals surface area contributed by atoms with Gasteiger partial charge < -0.3 is 9.47 Å². The average Bonchev–Trinajstić information content (AvgIpc) is 2.52. The Balaban J connectivity index is 1.96. The molecule has 2 aromatic carbocycles. The fourth-order valence-electron chi connectivity index (χ4n) is 1.95. The molecule has 0 bridgehead atoms. The molecule has 2 N–H and O–H groups in total. The van der Waals surface area contributed by atoms with E-state index in [0.717, 1.165) is 0 Å². The maximum absolute atomic E-state index is 12.1. The highest BCUT2D eigenvalue weighted by Crippen LogP contribution is 2.27. The Kier molecular flexibility index (Phi) is 6.29. The molecule has 25 heavy (non-hydrogen) atoms. The molecular weight excluding hydrogens is 389 g/mol. The molecule has 0 amide bonds. The molecule has 0 atom stereocenters. The standard InChI is InChI=1S/C16H15Cl2NO5S/c1-10-2-4-12(25(19,21)22)9-13(10)16(20)24-7-6-23-15-5-3-11(17)8-14(15)18/h2-5,8-9H,6-7H2,1H3,(H2,19,21,22). The second-order valence-electron chi connectivity index (χ2n) is 5.08. The number of rotatable bonds is 6. The highest BCUT2D eigenvalue weighted by Gasteiger charge is 2.16. The second-order valence-corrected chi connectivity index (χ2v) is 7.49. The molecule has 134 valence electrons. The van der Waals surface area contributed by atoms with Gasteiger partial charge in [0.05, 0.1) is 15.5 Å². The Bertz CT molecular complexity index is 899. The number of carbonyl (C=O) groups excluding carboxylic acids is 1. The maximum atomic E-state index is 12.1. The highest BCUT2D eigenvalue weighted by molar-refractivity contribution is 7.89. The smallest absolute Gasteiger partial charge is 0.338 e. The van der Waals surface area contributed by atoms with Crippen LogP contribution in [0.15, 0.2) is 41.3 Å². The molecule has 0 heterocycles. The molecule has 0 spiro atoms. The number of sulfonamides is 1. The normalized spacial score (nSPS) is 11.2. The quantitative estimate of drug-likeness (QED) is 0.589. The van der Waals surface area contributed by atoms with Gasteiger partial charge in [-0.2, -0.15) is 0 Å². The molecule has 0 radical (unpaired) electrons. The van der Waals surface area contributed by atoms with Crippen molar-refractivity contribution in [1.82, 2.24) is 0 Å². The first-order chi connectivity index (χ1) is 11.7. The Labute approximate surface area is 155 Å². The number of carbonyl (C=O) groups is 1. The van der Waals surface area contributed by atoms with E-state index < -0.39 is 16.0 Å². The van der Waals surface area contributed by atoms with E-state index >= 15 is 0 Å². The zero-order valence-electron chi connectivity index (χ0n) is 13.2. The minimum Gasteiger partial charge on any atom is -0.488 e. The summed E-state index contributed by atoms with van der Waals surface area (Å²) in [6, 6.07) is 8.76. The van der Waals surface area contributed by atoms with Gasteiger partial charge in [-0.25, -0.2) is 18.4 Å². The van der Waals surface area contributed by atoms with Crippen LogP contribution in [0.5, 0.6) is 5.75 Å². The summed E-state index contributed by atoms with van der Waals surface area (Å²) in [6.45, 7) is 1.69. The van der Waals surface area contributed by atoms with Crippen LogP contribution in [0.3, 0.4) is 0 Å². The molecule has 0 aliphatic heterocycles. The van der Waals surface area contributed by atoms with Crippen molar-refractivity contribution in [2.45, 2.75) is 11.8 Å². The Hall–Kier alpha value is -1.80. The third-order valence-electron chi connectivity index (χ3n) is 3.23. The molecular formula is C16H15Cl2NO5S. The summed E-state index contributed by atoms with van der Waals surface area (Å²) in [7, 11) is -3.90. The van der Waals surface area contributed by atoms with Crippen LogP contribution in [0, 0.1) is 6.92 Å². The van der Waals surface area contributed by atoms with Crippen LogP contribution in [-0.4, -0.2) is 27.6 Å². The molecule has 6 nitrogen and oxygen atoms in total. The van der Waals surface area contributed by atoms with Gasteiger partial charge in [0.2, 0.25) is 10.0 Å². The van der Waals surface area contributed by atoms with Crippen molar-refractivity contribution in [3.05, 3.63) is 57.6 Å². The lowest BCUT2D eigenvalue weighted by Gasteiger charge is -2.10. The fourth-order valence-corrected chi connectivity index (χ4v) is 2.96. The summed E-state index contributed by atoms with van der Waals surface area (Å²) in [4.78, 5) is 12.0. The number of halogens is 2. The molecule has 0 saturated carbocycles. The van der Waals surface area contributed by atoms with Gasteiger partial charge in [0.15, 0.2) is 0 Å². The number of hydrogen-bond donors (Lipinski definition) is 1. The molecule has 0 aliphatic carbocycles. The van der Waals surface area contributed by atoms with E-state index in [-0.39, 0.29) is 23.7 Å². The first-order valence-corrected chi connectivity index (χ1v) is 9.37. The number of primary sulfonamides is 1. The maximum Gasteiger partial charge on any atom is 0.338 e. The summed E-state index contributed by atoms with van der Waals surface area (Å²) >= 11 is 11.7. The zero-order chi connectivity index (χ0) is 18.6. The van der Waals surface area contributed by atoms with E-state index in [4.69, 9.17) is 37.8 Å². The topological polar surface area (TPSA) is 95.7 Å². The van der Waals surface area contributed by atoms with Crippen molar-refractivity contribution < 1.29 is 22.7 Å². The monoisotopic (exact) mass is 403 g/mol. The SMILES string of the molecule is Cc1ccc(S(N)(=O)=O)cc1C(=O)OCCOc1ccc(Cl)cc1Cl. The predicted octanol–water partition coefficient (Wildman–Crippen LogP) is 3.19. The van der Waals surface area contributed by atoms with Crippen LogP contribution < -0.4 is 9.88 Å². The third-order valence-corrected chi connectivity index (χ3v) is 4.67. The predicted molar refractivity (Wildman–Crippen MR) is 94.8 cm³/mol. The lowest BCUT2D eigenvalue weighted by atomic mass is 10.1. The Morgan fingerprint density at radius 1 is 1.12 bits per heavy atom. The summed E-state index contributed by atoms with van der Waals surface area (Å²) in [5.74, 6) is -0.261. The van der Waals surface area contributed by atoms with E-state index in [9.17, 15) is 13.2 Å². The van der Waals surface area contributed by atoms with Crippen LogP contribution in [0.4, 0.5) is 0 Å². The van der Waals surface area contributed by atoms with E-state index in [1.165, 1.54) is 24.3 Å². The summed E-state index contributed by atoms with van der Waals surface area (Å²) in [5.41, 5.74) is 0.690. The van der Waals surface area contributed by atoms with Crippen molar-refractivity contribution in [2.75, 3.05) is 13.2 Å². The molecule has 0 aromatic heterocycles. The van der Waals surface area contributed by atoms with Crippen molar-refractivity contribution >= 4 is 39.2 Å². The zero-order valence-corrected chi connectivity index (χ0v) is 15.5. The van der Waals surface area contributed by atoms with E-state index in [2.05, 4.69) is 0 Å². The molecule has 0 fully saturated rings. The third kappa shape index (κ3) is 5.34. The van der Waals surface area contributed by atoms with Gasteiger partial charge in [0.1, 0.15) is 19.0 Å². The van der Waals surface area contributed by atoms with Crippen LogP contribution in [0.2, 0.25) is 10.0 Å². The van der Waals surface area contributed by atoms with Crippen molar-refractivity contribution in [3.8, 4) is 5.75 Å². The van der Waals surface area contributed by atoms with Gasteiger partial charge in [-0.15, -0.1) is 0 Å². The lowest BCUT2D eigenvalue weighted by molar-refractivity contribution is 0.0449. The van der Waals surface area contributed by atoms with Gasteiger partial charge in [-0.3, -0.25) is 0 Å². The molecule has 2 aromatic rings. The van der Waals surface area contributed by atoms with E-state index in [1.807, 2.05) is 0 Å². The number of hydrogen-bond acceptors (Lipinski definition) is 5. The van der Waals surface area contributed by atoms with Crippen molar-refractivity contribution in [3.63, 3.8) is 0 Å². The van der Waals surface area contributed by atoms with Crippen LogP contribution >= 0.6 is 23.2 Å². The number of ether oxygens (including phenoxy) is 2. The molecule has 2 rings (SSSR count). The second kappa shape index (κ2) is 8.05. The minimum atomic E-state index is -3.90. The fraction of sp³-hybridized carbons (Fsp3) is 0.188. The average molecular weight is 404 g/mol. The summed E-state index contributed by atoms with van der Waals surface area (Å²) in [5, 5.41) is 5.89. The highest BCUT2D eigenvalue weighted by atomic mass is 35.5. The lowest BCUT2D eigenvalue weighted by Crippen LogP contribution is -2.16. The van der Waals surface area contributed by atoms with Crippen LogP contribution in [0.1, 0.15) is 15.9 Å². The number of nitrogens with two attached hydrogens (primary N) is 1. The van der Waals surface area contributed by atoms with E-state index in [0.29, 0.717) is 21.4 Å². The Morgan fingerprint density at radius 2 is 1.84 bits per heavy atom. The number of esters is 1. The van der Waals surface area contributed by atoms with Crippen molar-refractivity contribution in [2.24, 2.45) is 5.14 Å². The largest absolute Gasteiger partial charge is 0.488 e. The van der Waals surface area contributed by atoms with E-state index in [1.54, 1.807) is 19.1 Å². The molecule has 9 heteroatoms. The number of benzene rings is 2. The van der Waals surface area contributed by atoms with Gasteiger partial charge in [0.25, 0.3) is 0 Å². The number of aryl methyl sites for hydroxylation is 1. The van der Waals surface area contributed by atoms with Gasteiger partial charge in [-0.1, -0.05) is 29.3 Å². The molecule has 0 saturated heterocycles. The first-order valence-electron chi connectivity index (χ1n) is 7.07. The van der Waals surface area contributed by atoms with Crippen LogP contribution in [0.25, 0.3) is 0 Å². The Morgan fingerprint density at radius 3 is 2.48 bits per heavy atom.